The van der Waals surface area contributed by atoms with Crippen molar-refractivity contribution >= 4 is 15.9 Å². The van der Waals surface area contributed by atoms with Crippen LogP contribution in [0.5, 0.6) is 5.75 Å². The van der Waals surface area contributed by atoms with Crippen LogP contribution >= 0.6 is 15.9 Å². The summed E-state index contributed by atoms with van der Waals surface area (Å²) >= 11 is 3.54. The number of hydrogen-bond acceptors (Lipinski definition) is 2. The molecule has 2 atom stereocenters. The highest BCUT2D eigenvalue weighted by atomic mass is 79.9. The molecule has 0 aromatic heterocycles. The van der Waals surface area contributed by atoms with Crippen LogP contribution in [-0.4, -0.2) is 13.2 Å². The third-order valence-electron chi connectivity index (χ3n) is 3.72. The van der Waals surface area contributed by atoms with Gasteiger partial charge < -0.3 is 10.1 Å². The second-order valence-corrected chi connectivity index (χ2v) is 6.19. The molecule has 3 heteroatoms. The number of benzene rings is 2. The number of hydrogen-bond donors (Lipinski definition) is 1. The molecule has 0 saturated heterocycles. The molecule has 1 aliphatic heterocycles. The fourth-order valence-electron chi connectivity index (χ4n) is 2.83. The molecule has 2 aromatic carbocycles. The van der Waals surface area contributed by atoms with Crippen LogP contribution in [0.4, 0.5) is 0 Å². The molecule has 1 aliphatic rings. The Morgan fingerprint density at radius 2 is 2.00 bits per heavy atom. The van der Waals surface area contributed by atoms with E-state index in [4.69, 9.17) is 4.74 Å². The van der Waals surface area contributed by atoms with Crippen LogP contribution in [0.15, 0.2) is 46.9 Å². The standard InChI is InChI=1S/C17H18BrNO/c1-11-8-14-9-13(6-7-16(14)20-11)17(19-2)12-4-3-5-15(18)10-12/h3-7,9-11,17,19H,8H2,1-2H3. The van der Waals surface area contributed by atoms with Crippen molar-refractivity contribution in [3.8, 4) is 5.75 Å². The fraction of sp³-hybridized carbons (Fsp3) is 0.294. The minimum atomic E-state index is 0.203. The minimum Gasteiger partial charge on any atom is -0.490 e. The molecule has 104 valence electrons. The zero-order valence-electron chi connectivity index (χ0n) is 11.7. The van der Waals surface area contributed by atoms with Crippen LogP contribution in [0.3, 0.4) is 0 Å². The van der Waals surface area contributed by atoms with Crippen molar-refractivity contribution in [2.45, 2.75) is 25.5 Å². The molecule has 0 aliphatic carbocycles. The highest BCUT2D eigenvalue weighted by Crippen LogP contribution is 2.33. The molecular formula is C17H18BrNO. The zero-order chi connectivity index (χ0) is 14.1. The maximum absolute atomic E-state index is 5.77. The summed E-state index contributed by atoms with van der Waals surface area (Å²) in [5, 5.41) is 3.40. The summed E-state index contributed by atoms with van der Waals surface area (Å²) in [4.78, 5) is 0. The molecule has 0 bridgehead atoms. The molecule has 2 aromatic rings. The maximum atomic E-state index is 5.77. The lowest BCUT2D eigenvalue weighted by molar-refractivity contribution is 0.254. The van der Waals surface area contributed by atoms with Crippen LogP contribution in [0.2, 0.25) is 0 Å². The Kier molecular flexibility index (Phi) is 3.81. The van der Waals surface area contributed by atoms with E-state index in [2.05, 4.69) is 70.6 Å². The van der Waals surface area contributed by atoms with Gasteiger partial charge in [-0.05, 0) is 48.9 Å². The van der Waals surface area contributed by atoms with E-state index in [0.717, 1.165) is 16.6 Å². The highest BCUT2D eigenvalue weighted by Gasteiger charge is 2.21. The smallest absolute Gasteiger partial charge is 0.123 e. The van der Waals surface area contributed by atoms with Crippen LogP contribution in [0.1, 0.15) is 29.7 Å². The second-order valence-electron chi connectivity index (χ2n) is 5.28. The molecule has 0 radical (unpaired) electrons. The predicted molar refractivity (Wildman–Crippen MR) is 85.3 cm³/mol. The number of fused-ring (bicyclic) bond motifs is 1. The molecule has 2 unspecified atom stereocenters. The van der Waals surface area contributed by atoms with Gasteiger partial charge in [0.05, 0.1) is 6.04 Å². The molecule has 1 N–H and O–H groups in total. The van der Waals surface area contributed by atoms with Gasteiger partial charge in [-0.25, -0.2) is 0 Å². The van der Waals surface area contributed by atoms with E-state index in [9.17, 15) is 0 Å². The van der Waals surface area contributed by atoms with Gasteiger partial charge in [-0.3, -0.25) is 0 Å². The minimum absolute atomic E-state index is 0.203. The molecule has 0 fully saturated rings. The van der Waals surface area contributed by atoms with Crippen LogP contribution in [0.25, 0.3) is 0 Å². The fourth-order valence-corrected chi connectivity index (χ4v) is 3.25. The SMILES string of the molecule is CNC(c1cccc(Br)c1)c1ccc2c(c1)CC(C)O2. The molecule has 3 rings (SSSR count). The molecule has 0 spiro atoms. The average molecular weight is 332 g/mol. The van der Waals surface area contributed by atoms with E-state index in [1.54, 1.807) is 0 Å². The van der Waals surface area contributed by atoms with Gasteiger partial charge in [0.2, 0.25) is 0 Å². The molecule has 0 amide bonds. The summed E-state index contributed by atoms with van der Waals surface area (Å²) in [6.07, 6.45) is 1.29. The summed E-state index contributed by atoms with van der Waals surface area (Å²) in [6, 6.07) is 15.1. The van der Waals surface area contributed by atoms with Crippen molar-refractivity contribution in [3.63, 3.8) is 0 Å². The average Bonchev–Trinajstić information content (AvgIpc) is 2.79. The van der Waals surface area contributed by atoms with E-state index in [1.165, 1.54) is 16.7 Å². The summed E-state index contributed by atoms with van der Waals surface area (Å²) in [7, 11) is 2.00. The lowest BCUT2D eigenvalue weighted by Crippen LogP contribution is -2.17. The Morgan fingerprint density at radius 1 is 1.20 bits per heavy atom. The van der Waals surface area contributed by atoms with Crippen molar-refractivity contribution in [1.82, 2.24) is 5.32 Å². The Labute approximate surface area is 128 Å². The van der Waals surface area contributed by atoms with Gasteiger partial charge in [-0.15, -0.1) is 0 Å². The van der Waals surface area contributed by atoms with Crippen LogP contribution in [-0.2, 0) is 6.42 Å². The van der Waals surface area contributed by atoms with Crippen molar-refractivity contribution in [2.75, 3.05) is 7.05 Å². The first-order valence-corrected chi connectivity index (χ1v) is 7.69. The third-order valence-corrected chi connectivity index (χ3v) is 4.22. The first-order valence-electron chi connectivity index (χ1n) is 6.89. The van der Waals surface area contributed by atoms with Gasteiger partial charge >= 0.3 is 0 Å². The normalized spacial score (nSPS) is 18.4. The number of nitrogens with one attached hydrogen (secondary N) is 1. The Morgan fingerprint density at radius 3 is 2.75 bits per heavy atom. The first-order chi connectivity index (χ1) is 9.67. The van der Waals surface area contributed by atoms with E-state index in [0.29, 0.717) is 6.10 Å². The third kappa shape index (κ3) is 2.60. The lowest BCUT2D eigenvalue weighted by Gasteiger charge is -2.18. The van der Waals surface area contributed by atoms with Crippen molar-refractivity contribution in [3.05, 3.63) is 63.6 Å². The van der Waals surface area contributed by atoms with Gasteiger partial charge in [0.1, 0.15) is 11.9 Å². The Hall–Kier alpha value is -1.32. The van der Waals surface area contributed by atoms with Crippen molar-refractivity contribution in [2.24, 2.45) is 0 Å². The van der Waals surface area contributed by atoms with Crippen molar-refractivity contribution in [1.29, 1.82) is 0 Å². The first kappa shape index (κ1) is 13.7. The molecule has 2 nitrogen and oxygen atoms in total. The predicted octanol–water partition coefficient (Wildman–Crippen LogP) is 4.08. The van der Waals surface area contributed by atoms with E-state index in [1.807, 2.05) is 7.05 Å². The Bertz CT molecular complexity index is 626. The molecule has 1 heterocycles. The van der Waals surface area contributed by atoms with Crippen LogP contribution in [0, 0.1) is 0 Å². The monoisotopic (exact) mass is 331 g/mol. The summed E-state index contributed by atoms with van der Waals surface area (Å²) in [5.74, 6) is 1.03. The number of ether oxygens (including phenoxy) is 1. The Balaban J connectivity index is 1.96. The van der Waals surface area contributed by atoms with E-state index in [-0.39, 0.29) is 6.04 Å². The van der Waals surface area contributed by atoms with Gasteiger partial charge in [0.25, 0.3) is 0 Å². The lowest BCUT2D eigenvalue weighted by atomic mass is 9.96. The topological polar surface area (TPSA) is 21.3 Å². The molecular weight excluding hydrogens is 314 g/mol. The van der Waals surface area contributed by atoms with E-state index < -0.39 is 0 Å². The van der Waals surface area contributed by atoms with Gasteiger partial charge in [0.15, 0.2) is 0 Å². The maximum Gasteiger partial charge on any atom is 0.123 e. The van der Waals surface area contributed by atoms with Gasteiger partial charge in [0, 0.05) is 10.9 Å². The summed E-state index contributed by atoms with van der Waals surface area (Å²) in [5.41, 5.74) is 3.85. The number of halogens is 1. The quantitative estimate of drug-likeness (QED) is 0.914. The van der Waals surface area contributed by atoms with E-state index >= 15 is 0 Å². The molecule has 0 saturated carbocycles. The summed E-state index contributed by atoms with van der Waals surface area (Å²) in [6.45, 7) is 2.11. The molecule has 20 heavy (non-hydrogen) atoms. The largest absolute Gasteiger partial charge is 0.490 e. The van der Waals surface area contributed by atoms with Crippen molar-refractivity contribution < 1.29 is 4.74 Å². The summed E-state index contributed by atoms with van der Waals surface area (Å²) < 4.78 is 6.88. The zero-order valence-corrected chi connectivity index (χ0v) is 13.3. The second kappa shape index (κ2) is 5.58. The van der Waals surface area contributed by atoms with Gasteiger partial charge in [-0.2, -0.15) is 0 Å². The number of rotatable bonds is 3. The highest BCUT2D eigenvalue weighted by molar-refractivity contribution is 9.10. The van der Waals surface area contributed by atoms with Crippen LogP contribution < -0.4 is 10.1 Å². The van der Waals surface area contributed by atoms with Gasteiger partial charge in [-0.1, -0.05) is 40.2 Å².